The molecular weight excluding hydrogens is 340 g/mol. The van der Waals surface area contributed by atoms with Gasteiger partial charge in [-0.15, -0.1) is 0 Å². The summed E-state index contributed by atoms with van der Waals surface area (Å²) < 4.78 is 22.6. The molecule has 3 rings (SSSR count). The molecule has 6 heteroatoms. The third-order valence-corrected chi connectivity index (χ3v) is 4.22. The van der Waals surface area contributed by atoms with Gasteiger partial charge in [0.15, 0.2) is 5.79 Å². The van der Waals surface area contributed by atoms with Crippen LogP contribution < -0.4 is 0 Å². The molecule has 5 nitrogen and oxygen atoms in total. The summed E-state index contributed by atoms with van der Waals surface area (Å²) in [5.41, 5.74) is 0.520. The second-order valence-electron chi connectivity index (χ2n) is 5.55. The van der Waals surface area contributed by atoms with Crippen molar-refractivity contribution in [2.75, 3.05) is 6.61 Å². The van der Waals surface area contributed by atoms with Crippen LogP contribution in [-0.2, 0) is 18.9 Å². The largest absolute Gasteiger partial charge is 0.459 e. The lowest BCUT2D eigenvalue weighted by Gasteiger charge is -2.22. The minimum atomic E-state index is -0.646. The Labute approximate surface area is 131 Å². The Balaban J connectivity index is 1.60. The number of hydrogen-bond donors (Lipinski definition) is 0. The Morgan fingerprint density at radius 1 is 1.24 bits per heavy atom. The fourth-order valence-corrected chi connectivity index (χ4v) is 3.26. The molecule has 1 aromatic rings. The van der Waals surface area contributed by atoms with E-state index in [0.717, 1.165) is 0 Å². The van der Waals surface area contributed by atoms with E-state index < -0.39 is 5.79 Å². The van der Waals surface area contributed by atoms with E-state index in [9.17, 15) is 4.79 Å². The third-order valence-electron chi connectivity index (χ3n) is 3.48. The quantitative estimate of drug-likeness (QED) is 0.615. The van der Waals surface area contributed by atoms with Gasteiger partial charge >= 0.3 is 5.97 Å². The van der Waals surface area contributed by atoms with Crippen molar-refractivity contribution in [3.8, 4) is 0 Å². The first-order valence-corrected chi connectivity index (χ1v) is 7.75. The van der Waals surface area contributed by atoms with Gasteiger partial charge in [0.05, 0.1) is 5.56 Å². The zero-order valence-electron chi connectivity index (χ0n) is 11.8. The van der Waals surface area contributed by atoms with E-state index >= 15 is 0 Å². The number of alkyl halides is 1. The lowest BCUT2D eigenvalue weighted by molar-refractivity contribution is -0.180. The maximum absolute atomic E-state index is 11.9. The highest BCUT2D eigenvalue weighted by Gasteiger charge is 2.54. The van der Waals surface area contributed by atoms with Crippen LogP contribution in [0, 0.1) is 0 Å². The number of carbonyl (C=O) groups excluding carboxylic acids is 1. The highest BCUT2D eigenvalue weighted by molar-refractivity contribution is 9.09. The summed E-state index contributed by atoms with van der Waals surface area (Å²) in [5.74, 6) is -1.01. The molecule has 2 heterocycles. The van der Waals surface area contributed by atoms with Gasteiger partial charge in [0.25, 0.3) is 0 Å². The molecule has 2 saturated heterocycles. The van der Waals surface area contributed by atoms with Crippen molar-refractivity contribution in [2.24, 2.45) is 0 Å². The number of esters is 1. The van der Waals surface area contributed by atoms with Gasteiger partial charge in [-0.3, -0.25) is 0 Å². The predicted octanol–water partition coefficient (Wildman–Crippen LogP) is 2.48. The molecule has 0 saturated carbocycles. The molecule has 0 spiro atoms. The van der Waals surface area contributed by atoms with Crippen LogP contribution in [0.3, 0.4) is 0 Å². The first kappa shape index (κ1) is 15.0. The van der Waals surface area contributed by atoms with Gasteiger partial charge in [-0.1, -0.05) is 34.1 Å². The van der Waals surface area contributed by atoms with Crippen LogP contribution in [0.1, 0.15) is 24.2 Å². The number of benzene rings is 1. The fourth-order valence-electron chi connectivity index (χ4n) is 2.58. The first-order chi connectivity index (χ1) is 9.96. The molecule has 0 radical (unpaired) electrons. The van der Waals surface area contributed by atoms with E-state index in [0.29, 0.717) is 5.56 Å². The maximum Gasteiger partial charge on any atom is 0.338 e. The summed E-state index contributed by atoms with van der Waals surface area (Å²) in [6, 6.07) is 8.87. The van der Waals surface area contributed by atoms with E-state index in [1.165, 1.54) is 0 Å². The molecule has 2 fully saturated rings. The summed E-state index contributed by atoms with van der Waals surface area (Å²) in [5, 5.41) is -0.260. The van der Waals surface area contributed by atoms with Crippen LogP contribution in [-0.4, -0.2) is 41.7 Å². The Hall–Kier alpha value is -0.950. The van der Waals surface area contributed by atoms with E-state index in [1.807, 2.05) is 19.9 Å². The molecule has 2 aliphatic rings. The Bertz CT molecular complexity index is 518. The van der Waals surface area contributed by atoms with Crippen molar-refractivity contribution < 1.29 is 23.7 Å². The van der Waals surface area contributed by atoms with Gasteiger partial charge in [0.1, 0.15) is 29.9 Å². The minimum absolute atomic E-state index is 0.135. The Morgan fingerprint density at radius 3 is 2.62 bits per heavy atom. The van der Waals surface area contributed by atoms with Crippen molar-refractivity contribution in [1.82, 2.24) is 0 Å². The van der Waals surface area contributed by atoms with Crippen LogP contribution in [0.2, 0.25) is 0 Å². The number of fused-ring (bicyclic) bond motifs is 1. The van der Waals surface area contributed by atoms with Gasteiger partial charge in [-0.05, 0) is 26.0 Å². The zero-order valence-corrected chi connectivity index (χ0v) is 13.4. The Morgan fingerprint density at radius 2 is 1.90 bits per heavy atom. The topological polar surface area (TPSA) is 54.0 Å². The van der Waals surface area contributed by atoms with Crippen molar-refractivity contribution in [1.29, 1.82) is 0 Å². The van der Waals surface area contributed by atoms with Crippen LogP contribution >= 0.6 is 15.9 Å². The van der Waals surface area contributed by atoms with E-state index in [2.05, 4.69) is 15.9 Å². The highest BCUT2D eigenvalue weighted by atomic mass is 79.9. The normalized spacial score (nSPS) is 33.7. The summed E-state index contributed by atoms with van der Waals surface area (Å²) in [6.07, 6.45) is -0.776. The number of hydrogen-bond acceptors (Lipinski definition) is 5. The molecule has 0 N–H and O–H groups in total. The lowest BCUT2D eigenvalue weighted by Crippen LogP contribution is -2.33. The van der Waals surface area contributed by atoms with E-state index in [-0.39, 0.29) is 35.9 Å². The summed E-state index contributed by atoms with van der Waals surface area (Å²) in [7, 11) is 0. The zero-order chi connectivity index (χ0) is 15.0. The number of rotatable bonds is 3. The summed E-state index contributed by atoms with van der Waals surface area (Å²) in [6.45, 7) is 3.85. The molecule has 0 aromatic heterocycles. The molecule has 1 aromatic carbocycles. The number of halogens is 1. The molecular formula is C15H17BrO5. The molecule has 2 aliphatic heterocycles. The molecule has 114 valence electrons. The van der Waals surface area contributed by atoms with Crippen molar-refractivity contribution in [2.45, 2.75) is 43.0 Å². The highest BCUT2D eigenvalue weighted by Crippen LogP contribution is 2.40. The van der Waals surface area contributed by atoms with Gasteiger partial charge in [-0.2, -0.15) is 0 Å². The van der Waals surface area contributed by atoms with Crippen LogP contribution in [0.4, 0.5) is 0 Å². The molecule has 0 bridgehead atoms. The van der Waals surface area contributed by atoms with Crippen LogP contribution in [0.5, 0.6) is 0 Å². The van der Waals surface area contributed by atoms with Crippen LogP contribution in [0.15, 0.2) is 30.3 Å². The monoisotopic (exact) mass is 356 g/mol. The van der Waals surface area contributed by atoms with Gasteiger partial charge in [0, 0.05) is 0 Å². The van der Waals surface area contributed by atoms with E-state index in [4.69, 9.17) is 18.9 Å². The standard InChI is InChI=1S/C15H17BrO5/c1-15(2)20-11-10(19-13(16)12(11)21-15)8-18-14(17)9-6-4-3-5-7-9/h3-7,10-13H,8H2,1-2H3/t10-,11-,12-,13?/m1/s1. The van der Waals surface area contributed by atoms with Crippen LogP contribution in [0.25, 0.3) is 0 Å². The minimum Gasteiger partial charge on any atom is -0.459 e. The second kappa shape index (κ2) is 5.68. The van der Waals surface area contributed by atoms with Gasteiger partial charge in [0.2, 0.25) is 0 Å². The van der Waals surface area contributed by atoms with Crippen molar-refractivity contribution in [3.05, 3.63) is 35.9 Å². The van der Waals surface area contributed by atoms with Gasteiger partial charge in [-0.25, -0.2) is 4.79 Å². The second-order valence-corrected chi connectivity index (χ2v) is 6.46. The number of ether oxygens (including phenoxy) is 4. The van der Waals surface area contributed by atoms with Gasteiger partial charge < -0.3 is 18.9 Å². The molecule has 1 unspecified atom stereocenters. The van der Waals surface area contributed by atoms with E-state index in [1.54, 1.807) is 24.3 Å². The lowest BCUT2D eigenvalue weighted by atomic mass is 10.1. The molecule has 21 heavy (non-hydrogen) atoms. The average molecular weight is 357 g/mol. The predicted molar refractivity (Wildman–Crippen MR) is 78.1 cm³/mol. The first-order valence-electron chi connectivity index (χ1n) is 6.84. The Kier molecular flexibility index (Phi) is 4.05. The fraction of sp³-hybridized carbons (Fsp3) is 0.533. The number of carbonyl (C=O) groups is 1. The van der Waals surface area contributed by atoms with Crippen molar-refractivity contribution >= 4 is 21.9 Å². The van der Waals surface area contributed by atoms with Crippen molar-refractivity contribution in [3.63, 3.8) is 0 Å². The molecule has 4 atom stereocenters. The SMILES string of the molecule is CC1(C)O[C@@H]2[C@@H](COC(=O)c3ccccc3)OC(Br)[C@@H]2O1. The third kappa shape index (κ3) is 3.13. The molecule has 0 amide bonds. The average Bonchev–Trinajstić information content (AvgIpc) is 2.92. The summed E-state index contributed by atoms with van der Waals surface area (Å²) >= 11 is 3.42. The summed E-state index contributed by atoms with van der Waals surface area (Å²) in [4.78, 5) is 11.9. The maximum atomic E-state index is 11.9. The molecule has 0 aliphatic carbocycles. The smallest absolute Gasteiger partial charge is 0.338 e.